The molecule has 2 aromatic heterocycles. The number of hydrogen-bond acceptors (Lipinski definition) is 5. The van der Waals surface area contributed by atoms with Gasteiger partial charge in [0, 0.05) is 24.2 Å². The molecule has 0 fully saturated rings. The summed E-state index contributed by atoms with van der Waals surface area (Å²) in [4.78, 5) is 26.6. The third-order valence-corrected chi connectivity index (χ3v) is 4.48. The predicted molar refractivity (Wildman–Crippen MR) is 104 cm³/mol. The molecule has 7 heteroatoms. The molecule has 0 aliphatic rings. The average Bonchev–Trinajstić information content (AvgIpc) is 3.19. The van der Waals surface area contributed by atoms with Gasteiger partial charge in [-0.1, -0.05) is 36.4 Å². The van der Waals surface area contributed by atoms with Crippen molar-refractivity contribution in [3.63, 3.8) is 0 Å². The lowest BCUT2D eigenvalue weighted by Crippen LogP contribution is -2.33. The number of pyridine rings is 1. The summed E-state index contributed by atoms with van der Waals surface area (Å²) in [5.74, 6) is 0.514. The van der Waals surface area contributed by atoms with E-state index < -0.39 is 0 Å². The summed E-state index contributed by atoms with van der Waals surface area (Å²) in [5, 5.41) is 9.46. The highest BCUT2D eigenvalue weighted by Crippen LogP contribution is 2.17. The van der Waals surface area contributed by atoms with Crippen LogP contribution in [0.1, 0.15) is 5.89 Å². The van der Waals surface area contributed by atoms with Crippen LogP contribution >= 0.6 is 0 Å². The first kappa shape index (κ1) is 17.7. The molecular formula is C21H18N4O3. The maximum Gasteiger partial charge on any atom is 0.258 e. The number of fused-ring (bicyclic) bond motifs is 1. The number of rotatable bonds is 5. The minimum Gasteiger partial charge on any atom is -0.419 e. The number of likely N-dealkylation sites (N-methyl/N-ethyl adjacent to an activating group) is 1. The Bertz CT molecular complexity index is 1180. The minimum atomic E-state index is -0.225. The van der Waals surface area contributed by atoms with Crippen molar-refractivity contribution >= 4 is 16.7 Å². The highest BCUT2D eigenvalue weighted by molar-refractivity contribution is 5.82. The molecule has 0 aliphatic heterocycles. The molecule has 0 atom stereocenters. The SMILES string of the molecule is CN(Cc1nnc(-c2ccccc2)o1)C(=O)Cn1ccc2ccccc2c1=O. The molecule has 2 heterocycles. The first-order valence-electron chi connectivity index (χ1n) is 8.82. The van der Waals surface area contributed by atoms with E-state index in [1.807, 2.05) is 54.6 Å². The van der Waals surface area contributed by atoms with E-state index in [0.29, 0.717) is 17.2 Å². The largest absolute Gasteiger partial charge is 0.419 e. The molecule has 0 saturated heterocycles. The lowest BCUT2D eigenvalue weighted by atomic mass is 10.2. The van der Waals surface area contributed by atoms with Gasteiger partial charge in [0.15, 0.2) is 0 Å². The van der Waals surface area contributed by atoms with Crippen molar-refractivity contribution in [1.29, 1.82) is 0 Å². The standard InChI is InChI=1S/C21H18N4O3/c1-24(13-18-22-23-20(28-18)16-8-3-2-4-9-16)19(26)14-25-12-11-15-7-5-6-10-17(15)21(25)27/h2-12H,13-14H2,1H3. The molecule has 4 rings (SSSR count). The summed E-state index contributed by atoms with van der Waals surface area (Å²) in [6.45, 7) is 0.112. The van der Waals surface area contributed by atoms with Gasteiger partial charge >= 0.3 is 0 Å². The van der Waals surface area contributed by atoms with Crippen LogP contribution in [0.4, 0.5) is 0 Å². The highest BCUT2D eigenvalue weighted by Gasteiger charge is 2.16. The second-order valence-electron chi connectivity index (χ2n) is 6.45. The Morgan fingerprint density at radius 3 is 2.61 bits per heavy atom. The number of nitrogens with zero attached hydrogens (tertiary/aromatic N) is 4. The summed E-state index contributed by atoms with van der Waals surface area (Å²) in [6.07, 6.45) is 1.64. The maximum atomic E-state index is 12.6. The van der Waals surface area contributed by atoms with Gasteiger partial charge in [0.1, 0.15) is 6.54 Å². The summed E-state index contributed by atoms with van der Waals surface area (Å²) in [7, 11) is 1.64. The maximum absolute atomic E-state index is 12.6. The second-order valence-corrected chi connectivity index (χ2v) is 6.45. The van der Waals surface area contributed by atoms with Crippen LogP contribution in [0.2, 0.25) is 0 Å². The van der Waals surface area contributed by atoms with Gasteiger partial charge < -0.3 is 13.9 Å². The normalized spacial score (nSPS) is 10.9. The fourth-order valence-corrected chi connectivity index (χ4v) is 2.93. The molecular weight excluding hydrogens is 356 g/mol. The number of aromatic nitrogens is 3. The Kier molecular flexibility index (Phi) is 4.72. The van der Waals surface area contributed by atoms with Crippen LogP contribution in [0.5, 0.6) is 0 Å². The molecule has 0 unspecified atom stereocenters. The molecule has 0 saturated carbocycles. The number of hydrogen-bond donors (Lipinski definition) is 0. The smallest absolute Gasteiger partial charge is 0.258 e. The van der Waals surface area contributed by atoms with E-state index >= 15 is 0 Å². The van der Waals surface area contributed by atoms with Crippen molar-refractivity contribution in [1.82, 2.24) is 19.7 Å². The summed E-state index contributed by atoms with van der Waals surface area (Å²) >= 11 is 0. The Hall–Kier alpha value is -3.74. The molecule has 0 bridgehead atoms. The lowest BCUT2D eigenvalue weighted by molar-refractivity contribution is -0.131. The van der Waals surface area contributed by atoms with E-state index in [4.69, 9.17) is 4.42 Å². The summed E-state index contributed by atoms with van der Waals surface area (Å²) < 4.78 is 7.04. The second kappa shape index (κ2) is 7.48. The van der Waals surface area contributed by atoms with E-state index in [2.05, 4.69) is 10.2 Å². The fourth-order valence-electron chi connectivity index (χ4n) is 2.93. The first-order chi connectivity index (χ1) is 13.6. The topological polar surface area (TPSA) is 81.2 Å². The van der Waals surface area contributed by atoms with Gasteiger partial charge in [0.2, 0.25) is 17.7 Å². The monoisotopic (exact) mass is 374 g/mol. The van der Waals surface area contributed by atoms with Gasteiger partial charge in [0.05, 0.1) is 6.54 Å². The van der Waals surface area contributed by atoms with Crippen LogP contribution in [-0.4, -0.2) is 32.6 Å². The van der Waals surface area contributed by atoms with Crippen molar-refractivity contribution in [2.24, 2.45) is 0 Å². The van der Waals surface area contributed by atoms with Gasteiger partial charge in [0.25, 0.3) is 5.56 Å². The van der Waals surface area contributed by atoms with Gasteiger partial charge in [-0.25, -0.2) is 0 Å². The van der Waals surface area contributed by atoms with Gasteiger partial charge in [-0.2, -0.15) is 0 Å². The Morgan fingerprint density at radius 2 is 1.79 bits per heavy atom. The number of carbonyl (C=O) groups excluding carboxylic acids is 1. The van der Waals surface area contributed by atoms with Crippen molar-refractivity contribution in [2.75, 3.05) is 7.05 Å². The van der Waals surface area contributed by atoms with Crippen LogP contribution in [0.3, 0.4) is 0 Å². The van der Waals surface area contributed by atoms with Gasteiger partial charge in [-0.15, -0.1) is 10.2 Å². The van der Waals surface area contributed by atoms with Crippen LogP contribution in [0.25, 0.3) is 22.2 Å². The van der Waals surface area contributed by atoms with Crippen LogP contribution in [-0.2, 0) is 17.9 Å². The Balaban J connectivity index is 1.47. The molecule has 0 aliphatic carbocycles. The zero-order chi connectivity index (χ0) is 19.5. The number of benzene rings is 2. The average molecular weight is 374 g/mol. The summed E-state index contributed by atoms with van der Waals surface area (Å²) in [5.41, 5.74) is 0.627. The Labute approximate surface area is 160 Å². The third kappa shape index (κ3) is 3.55. The summed E-state index contributed by atoms with van der Waals surface area (Å²) in [6, 6.07) is 18.6. The molecule has 7 nitrogen and oxygen atoms in total. The molecule has 4 aromatic rings. The molecule has 0 radical (unpaired) electrons. The van der Waals surface area contributed by atoms with Crippen molar-refractivity contribution < 1.29 is 9.21 Å². The molecule has 0 spiro atoms. The van der Waals surface area contributed by atoms with Crippen LogP contribution in [0.15, 0.2) is 76.1 Å². The third-order valence-electron chi connectivity index (χ3n) is 4.48. The van der Waals surface area contributed by atoms with E-state index in [-0.39, 0.29) is 24.6 Å². The van der Waals surface area contributed by atoms with E-state index in [1.54, 1.807) is 19.3 Å². The molecule has 0 N–H and O–H groups in total. The molecule has 140 valence electrons. The number of carbonyl (C=O) groups is 1. The van der Waals surface area contributed by atoms with Crippen molar-refractivity contribution in [3.05, 3.63) is 83.1 Å². The van der Waals surface area contributed by atoms with E-state index in [1.165, 1.54) is 9.47 Å². The first-order valence-corrected chi connectivity index (χ1v) is 8.82. The van der Waals surface area contributed by atoms with Gasteiger partial charge in [-0.3, -0.25) is 9.59 Å². The van der Waals surface area contributed by atoms with Gasteiger partial charge in [-0.05, 0) is 29.7 Å². The molecule has 28 heavy (non-hydrogen) atoms. The predicted octanol–water partition coefficient (Wildman–Crippen LogP) is 2.71. The molecule has 1 amide bonds. The fraction of sp³-hybridized carbons (Fsp3) is 0.143. The van der Waals surface area contributed by atoms with Crippen molar-refractivity contribution in [2.45, 2.75) is 13.1 Å². The molecule has 2 aromatic carbocycles. The van der Waals surface area contributed by atoms with E-state index in [0.717, 1.165) is 10.9 Å². The van der Waals surface area contributed by atoms with Crippen LogP contribution in [0, 0.1) is 0 Å². The van der Waals surface area contributed by atoms with E-state index in [9.17, 15) is 9.59 Å². The minimum absolute atomic E-state index is 0.0557. The van der Waals surface area contributed by atoms with Crippen LogP contribution < -0.4 is 5.56 Å². The zero-order valence-electron chi connectivity index (χ0n) is 15.3. The lowest BCUT2D eigenvalue weighted by Gasteiger charge is -2.16. The quantitative estimate of drug-likeness (QED) is 0.536. The highest BCUT2D eigenvalue weighted by atomic mass is 16.4. The number of amides is 1. The zero-order valence-corrected chi connectivity index (χ0v) is 15.3. The van der Waals surface area contributed by atoms with Crippen molar-refractivity contribution in [3.8, 4) is 11.5 Å². The Morgan fingerprint density at radius 1 is 1.04 bits per heavy atom.